The second-order valence-corrected chi connectivity index (χ2v) is 4.64. The summed E-state index contributed by atoms with van der Waals surface area (Å²) in [5.41, 5.74) is 0.198. The maximum absolute atomic E-state index is 5.60. The highest BCUT2D eigenvalue weighted by Gasteiger charge is 2.24. The number of halogens is 1. The van der Waals surface area contributed by atoms with Crippen molar-refractivity contribution in [2.75, 3.05) is 0 Å². The van der Waals surface area contributed by atoms with E-state index in [0.717, 1.165) is 5.76 Å². The molecule has 0 aliphatic rings. The summed E-state index contributed by atoms with van der Waals surface area (Å²) >= 11 is 5.60. The lowest BCUT2D eigenvalue weighted by Crippen LogP contribution is -2.14. The van der Waals surface area contributed by atoms with Crippen LogP contribution >= 0.6 is 11.6 Å². The zero-order chi connectivity index (χ0) is 10.1. The molecule has 0 spiro atoms. The Kier molecular flexibility index (Phi) is 3.01. The molecule has 1 rings (SSSR count). The van der Waals surface area contributed by atoms with Crippen LogP contribution in [0.3, 0.4) is 0 Å². The number of hydrogen-bond acceptors (Lipinski definition) is 2. The van der Waals surface area contributed by atoms with Crippen LogP contribution in [0.4, 0.5) is 0 Å². The van der Waals surface area contributed by atoms with E-state index in [0.29, 0.717) is 17.7 Å². The second kappa shape index (κ2) is 3.70. The Morgan fingerprint density at radius 2 is 2.15 bits per heavy atom. The quantitative estimate of drug-likeness (QED) is 0.684. The molecule has 1 atom stereocenters. The van der Waals surface area contributed by atoms with Gasteiger partial charge in [-0.25, -0.2) is 4.98 Å². The van der Waals surface area contributed by atoms with Gasteiger partial charge in [0.15, 0.2) is 0 Å². The van der Waals surface area contributed by atoms with Crippen molar-refractivity contribution in [2.24, 2.45) is 5.41 Å². The van der Waals surface area contributed by atoms with Gasteiger partial charge in [-0.2, -0.15) is 0 Å². The average molecular weight is 202 g/mol. The van der Waals surface area contributed by atoms with Crippen LogP contribution in [0.2, 0.25) is 0 Å². The van der Waals surface area contributed by atoms with E-state index < -0.39 is 0 Å². The Labute approximate surface area is 84.3 Å². The molecule has 0 radical (unpaired) electrons. The molecule has 0 saturated heterocycles. The third-order valence-electron chi connectivity index (χ3n) is 2.41. The lowest BCUT2D eigenvalue weighted by atomic mass is 9.81. The standard InChI is InChI=1S/C10H16ClNO/c1-7(10(2,3)4)8-6-12-9(5-11)13-8/h6-7H,5H2,1-4H3. The molecule has 1 aromatic rings. The van der Waals surface area contributed by atoms with Gasteiger partial charge < -0.3 is 4.42 Å². The lowest BCUT2D eigenvalue weighted by Gasteiger charge is -2.24. The molecule has 74 valence electrons. The van der Waals surface area contributed by atoms with Crippen LogP contribution < -0.4 is 0 Å². The smallest absolute Gasteiger partial charge is 0.209 e. The van der Waals surface area contributed by atoms with Gasteiger partial charge in [-0.15, -0.1) is 11.6 Å². The van der Waals surface area contributed by atoms with Gasteiger partial charge in [-0.3, -0.25) is 0 Å². The molecule has 1 aromatic heterocycles. The fraction of sp³-hybridized carbons (Fsp3) is 0.700. The Bertz CT molecular complexity index is 275. The highest BCUT2D eigenvalue weighted by atomic mass is 35.5. The Morgan fingerprint density at radius 1 is 1.54 bits per heavy atom. The predicted molar refractivity (Wildman–Crippen MR) is 53.9 cm³/mol. The predicted octanol–water partition coefficient (Wildman–Crippen LogP) is 3.56. The van der Waals surface area contributed by atoms with Crippen LogP contribution in [0.15, 0.2) is 10.6 Å². The molecule has 0 fully saturated rings. The van der Waals surface area contributed by atoms with E-state index in [9.17, 15) is 0 Å². The minimum atomic E-state index is 0.198. The number of hydrogen-bond donors (Lipinski definition) is 0. The number of rotatable bonds is 2. The monoisotopic (exact) mass is 201 g/mol. The number of alkyl halides is 1. The van der Waals surface area contributed by atoms with Crippen LogP contribution in [0.1, 0.15) is 45.3 Å². The molecule has 13 heavy (non-hydrogen) atoms. The Morgan fingerprint density at radius 3 is 2.54 bits per heavy atom. The summed E-state index contributed by atoms with van der Waals surface area (Å²) in [4.78, 5) is 4.07. The molecular weight excluding hydrogens is 186 g/mol. The van der Waals surface area contributed by atoms with Crippen molar-refractivity contribution in [2.45, 2.75) is 39.5 Å². The molecule has 2 nitrogen and oxygen atoms in total. The van der Waals surface area contributed by atoms with Gasteiger partial charge in [-0.05, 0) is 5.41 Å². The maximum Gasteiger partial charge on any atom is 0.209 e. The summed E-state index contributed by atoms with van der Waals surface area (Å²) in [5, 5.41) is 0. The third kappa shape index (κ3) is 2.47. The van der Waals surface area contributed by atoms with Gasteiger partial charge in [-0.1, -0.05) is 27.7 Å². The van der Waals surface area contributed by atoms with E-state index in [1.165, 1.54) is 0 Å². The second-order valence-electron chi connectivity index (χ2n) is 4.38. The molecule has 0 amide bonds. The normalized spacial score (nSPS) is 14.5. The first-order chi connectivity index (χ1) is 5.95. The highest BCUT2D eigenvalue weighted by Crippen LogP contribution is 2.34. The first-order valence-electron chi connectivity index (χ1n) is 4.45. The van der Waals surface area contributed by atoms with E-state index in [1.54, 1.807) is 6.20 Å². The largest absolute Gasteiger partial charge is 0.444 e. The van der Waals surface area contributed by atoms with E-state index in [-0.39, 0.29) is 5.41 Å². The third-order valence-corrected chi connectivity index (χ3v) is 2.64. The summed E-state index contributed by atoms with van der Waals surface area (Å²) < 4.78 is 5.48. The molecule has 0 saturated carbocycles. The molecule has 0 aromatic carbocycles. The lowest BCUT2D eigenvalue weighted by molar-refractivity contribution is 0.292. The number of oxazole rings is 1. The van der Waals surface area contributed by atoms with Crippen molar-refractivity contribution in [1.29, 1.82) is 0 Å². The summed E-state index contributed by atoms with van der Waals surface area (Å²) in [5.74, 6) is 2.23. The molecule has 3 heteroatoms. The van der Waals surface area contributed by atoms with Gasteiger partial charge >= 0.3 is 0 Å². The summed E-state index contributed by atoms with van der Waals surface area (Å²) in [7, 11) is 0. The summed E-state index contributed by atoms with van der Waals surface area (Å²) in [6.45, 7) is 8.68. The van der Waals surface area contributed by atoms with E-state index in [1.807, 2.05) is 0 Å². The van der Waals surface area contributed by atoms with E-state index in [2.05, 4.69) is 32.7 Å². The van der Waals surface area contributed by atoms with Gasteiger partial charge in [0.1, 0.15) is 5.76 Å². The van der Waals surface area contributed by atoms with Crippen molar-refractivity contribution in [3.8, 4) is 0 Å². The fourth-order valence-corrected chi connectivity index (χ4v) is 1.14. The van der Waals surface area contributed by atoms with Crippen LogP contribution in [-0.2, 0) is 5.88 Å². The van der Waals surface area contributed by atoms with Crippen LogP contribution in [0.5, 0.6) is 0 Å². The van der Waals surface area contributed by atoms with Gasteiger partial charge in [0.05, 0.1) is 12.1 Å². The zero-order valence-electron chi connectivity index (χ0n) is 8.60. The summed E-state index contributed by atoms with van der Waals surface area (Å²) in [6, 6.07) is 0. The Hall–Kier alpha value is -0.500. The molecule has 0 bridgehead atoms. The van der Waals surface area contributed by atoms with Gasteiger partial charge in [0.25, 0.3) is 0 Å². The highest BCUT2D eigenvalue weighted by molar-refractivity contribution is 6.16. The maximum atomic E-state index is 5.60. The fourth-order valence-electron chi connectivity index (χ4n) is 1.01. The van der Waals surface area contributed by atoms with Crippen molar-refractivity contribution in [3.05, 3.63) is 17.8 Å². The van der Waals surface area contributed by atoms with Crippen molar-refractivity contribution in [3.63, 3.8) is 0 Å². The minimum absolute atomic E-state index is 0.198. The summed E-state index contributed by atoms with van der Waals surface area (Å²) in [6.07, 6.45) is 1.77. The number of nitrogens with zero attached hydrogens (tertiary/aromatic N) is 1. The van der Waals surface area contributed by atoms with Gasteiger partial charge in [0.2, 0.25) is 5.89 Å². The average Bonchev–Trinajstić information content (AvgIpc) is 2.48. The number of aromatic nitrogens is 1. The molecule has 0 N–H and O–H groups in total. The molecule has 0 aliphatic carbocycles. The van der Waals surface area contributed by atoms with Gasteiger partial charge in [0, 0.05) is 5.92 Å². The molecular formula is C10H16ClNO. The first kappa shape index (κ1) is 10.6. The van der Waals surface area contributed by atoms with Crippen LogP contribution in [0, 0.1) is 5.41 Å². The van der Waals surface area contributed by atoms with E-state index in [4.69, 9.17) is 16.0 Å². The Balaban J connectivity index is 2.83. The van der Waals surface area contributed by atoms with Crippen LogP contribution in [0.25, 0.3) is 0 Å². The van der Waals surface area contributed by atoms with Crippen molar-refractivity contribution >= 4 is 11.6 Å². The molecule has 0 aliphatic heterocycles. The van der Waals surface area contributed by atoms with Crippen LogP contribution in [-0.4, -0.2) is 4.98 Å². The topological polar surface area (TPSA) is 26.0 Å². The first-order valence-corrected chi connectivity index (χ1v) is 4.99. The molecule has 1 heterocycles. The minimum Gasteiger partial charge on any atom is -0.444 e. The zero-order valence-corrected chi connectivity index (χ0v) is 9.35. The SMILES string of the molecule is CC(c1cnc(CCl)o1)C(C)(C)C. The van der Waals surface area contributed by atoms with E-state index >= 15 is 0 Å². The van der Waals surface area contributed by atoms with Crippen molar-refractivity contribution in [1.82, 2.24) is 4.98 Å². The van der Waals surface area contributed by atoms with Crippen molar-refractivity contribution < 1.29 is 4.42 Å². The molecule has 1 unspecified atom stereocenters.